The van der Waals surface area contributed by atoms with Gasteiger partial charge in [-0.2, -0.15) is 0 Å². The fourth-order valence-electron chi connectivity index (χ4n) is 3.01. The van der Waals surface area contributed by atoms with E-state index in [0.29, 0.717) is 21.0 Å². The van der Waals surface area contributed by atoms with E-state index < -0.39 is 0 Å². The molecule has 23 heavy (non-hydrogen) atoms. The number of rotatable bonds is 1. The molecule has 0 aliphatic carbocycles. The van der Waals surface area contributed by atoms with Crippen LogP contribution in [0.4, 0.5) is 0 Å². The topological polar surface area (TPSA) is 64.7 Å². The lowest BCUT2D eigenvalue weighted by atomic mass is 10.3. The van der Waals surface area contributed by atoms with Crippen molar-refractivity contribution in [2.75, 3.05) is 11.5 Å². The molecule has 0 saturated carbocycles. The summed E-state index contributed by atoms with van der Waals surface area (Å²) in [7, 11) is 0. The molecular formula is C13H18N4O2S4. The molecule has 4 fully saturated rings. The van der Waals surface area contributed by atoms with Crippen molar-refractivity contribution in [3.05, 3.63) is 0 Å². The van der Waals surface area contributed by atoms with Crippen LogP contribution < -0.4 is 10.6 Å². The third kappa shape index (κ3) is 3.06. The van der Waals surface area contributed by atoms with Crippen molar-refractivity contribution >= 4 is 70.0 Å². The number of thioether (sulfide) groups is 2. The molecule has 4 aliphatic rings. The first-order chi connectivity index (χ1) is 10.9. The lowest BCUT2D eigenvalue weighted by molar-refractivity contribution is -0.121. The van der Waals surface area contributed by atoms with Gasteiger partial charge >= 0.3 is 0 Å². The van der Waals surface area contributed by atoms with E-state index in [4.69, 9.17) is 24.4 Å². The first-order valence-corrected chi connectivity index (χ1v) is 10.3. The highest BCUT2D eigenvalue weighted by Gasteiger charge is 2.44. The van der Waals surface area contributed by atoms with Crippen LogP contribution >= 0.6 is 48.0 Å². The van der Waals surface area contributed by atoms with Crippen LogP contribution in [0, 0.1) is 0 Å². The number of nitrogens with one attached hydrogen (secondary N) is 2. The Morgan fingerprint density at radius 3 is 2.13 bits per heavy atom. The largest absolute Gasteiger partial charge is 0.324 e. The van der Waals surface area contributed by atoms with Crippen molar-refractivity contribution in [1.29, 1.82) is 0 Å². The molecule has 126 valence electrons. The summed E-state index contributed by atoms with van der Waals surface area (Å²) >= 11 is 13.6. The summed E-state index contributed by atoms with van der Waals surface area (Å²) in [5.74, 6) is 1.88. The summed E-state index contributed by atoms with van der Waals surface area (Å²) in [6.07, 6.45) is 1.04. The highest BCUT2D eigenvalue weighted by molar-refractivity contribution is 8.00. The Morgan fingerprint density at radius 1 is 1.04 bits per heavy atom. The second-order valence-corrected chi connectivity index (χ2v) is 8.90. The van der Waals surface area contributed by atoms with E-state index in [0.717, 1.165) is 17.9 Å². The third-order valence-electron chi connectivity index (χ3n) is 4.20. The fourth-order valence-corrected chi connectivity index (χ4v) is 6.44. The maximum Gasteiger partial charge on any atom is 0.249 e. The third-order valence-corrected chi connectivity index (χ3v) is 7.50. The molecule has 0 aromatic heterocycles. The number of carbonyl (C=O) groups is 2. The molecule has 4 atom stereocenters. The summed E-state index contributed by atoms with van der Waals surface area (Å²) < 4.78 is 0. The van der Waals surface area contributed by atoms with Crippen LogP contribution in [0.15, 0.2) is 0 Å². The van der Waals surface area contributed by atoms with Gasteiger partial charge in [-0.1, -0.05) is 6.92 Å². The van der Waals surface area contributed by atoms with Crippen molar-refractivity contribution < 1.29 is 9.59 Å². The molecular weight excluding hydrogens is 372 g/mol. The van der Waals surface area contributed by atoms with Gasteiger partial charge in [-0.25, -0.2) is 0 Å². The van der Waals surface area contributed by atoms with Crippen molar-refractivity contribution in [2.24, 2.45) is 0 Å². The van der Waals surface area contributed by atoms with Crippen LogP contribution in [-0.4, -0.2) is 66.2 Å². The molecule has 6 nitrogen and oxygen atoms in total. The second-order valence-electron chi connectivity index (χ2n) is 5.56. The van der Waals surface area contributed by atoms with Gasteiger partial charge in [0.25, 0.3) is 0 Å². The zero-order chi connectivity index (χ0) is 16.7. The normalized spacial score (nSPS) is 34.9. The van der Waals surface area contributed by atoms with E-state index in [1.54, 1.807) is 11.8 Å². The molecule has 0 aromatic rings. The van der Waals surface area contributed by atoms with E-state index in [2.05, 4.69) is 24.5 Å². The van der Waals surface area contributed by atoms with Gasteiger partial charge in [-0.3, -0.25) is 9.59 Å². The number of amides is 2. The Morgan fingerprint density at radius 2 is 1.57 bits per heavy atom. The zero-order valence-electron chi connectivity index (χ0n) is 12.8. The van der Waals surface area contributed by atoms with Gasteiger partial charge in [0.1, 0.15) is 12.1 Å². The van der Waals surface area contributed by atoms with Crippen LogP contribution in [0.5, 0.6) is 0 Å². The molecule has 2 N–H and O–H groups in total. The molecule has 4 heterocycles. The maximum atomic E-state index is 11.3. The summed E-state index contributed by atoms with van der Waals surface area (Å²) in [6.45, 7) is 4.18. The summed E-state index contributed by atoms with van der Waals surface area (Å²) in [5.41, 5.74) is 0. The number of nitrogens with zero attached hydrogens (tertiary/aromatic N) is 2. The van der Waals surface area contributed by atoms with E-state index in [1.807, 2.05) is 21.6 Å². The second kappa shape index (κ2) is 6.73. The Hall–Kier alpha value is -0.580. The highest BCUT2D eigenvalue weighted by Crippen LogP contribution is 2.33. The molecule has 10 heteroatoms. The number of carbonyl (C=O) groups excluding carboxylic acids is 2. The molecule has 0 bridgehead atoms. The number of thiocarbonyl (C=S) groups is 2. The molecule has 0 spiro atoms. The van der Waals surface area contributed by atoms with Gasteiger partial charge in [-0.05, 0) is 37.8 Å². The van der Waals surface area contributed by atoms with Crippen LogP contribution in [0.3, 0.4) is 0 Å². The molecule has 2 unspecified atom stereocenters. The van der Waals surface area contributed by atoms with Gasteiger partial charge < -0.3 is 20.4 Å². The lowest BCUT2D eigenvalue weighted by Gasteiger charge is -2.21. The Labute approximate surface area is 154 Å². The van der Waals surface area contributed by atoms with Crippen LogP contribution in [0.1, 0.15) is 20.3 Å². The van der Waals surface area contributed by atoms with E-state index in [9.17, 15) is 9.59 Å². The van der Waals surface area contributed by atoms with Crippen molar-refractivity contribution in [3.8, 4) is 0 Å². The minimum atomic E-state index is 0.00231. The van der Waals surface area contributed by atoms with E-state index in [-0.39, 0.29) is 23.9 Å². The monoisotopic (exact) mass is 390 g/mol. The number of hydrogen-bond acceptors (Lipinski definition) is 6. The van der Waals surface area contributed by atoms with E-state index >= 15 is 0 Å². The molecule has 4 rings (SSSR count). The number of hydrogen-bond donors (Lipinski definition) is 2. The molecule has 4 aliphatic heterocycles. The average Bonchev–Trinajstić information content (AvgIpc) is 3.21. The van der Waals surface area contributed by atoms with Gasteiger partial charge in [0, 0.05) is 11.5 Å². The van der Waals surface area contributed by atoms with Crippen molar-refractivity contribution in [3.63, 3.8) is 0 Å². The smallest absolute Gasteiger partial charge is 0.249 e. The fraction of sp³-hybridized carbons (Fsp3) is 0.692. The Bertz CT molecular complexity index is 572. The molecule has 0 radical (unpaired) electrons. The van der Waals surface area contributed by atoms with Crippen molar-refractivity contribution in [2.45, 2.75) is 43.1 Å². The Balaban J connectivity index is 0.000000136. The lowest BCUT2D eigenvalue weighted by Crippen LogP contribution is -2.35. The van der Waals surface area contributed by atoms with E-state index in [1.165, 1.54) is 0 Å². The zero-order valence-corrected chi connectivity index (χ0v) is 16.0. The van der Waals surface area contributed by atoms with Gasteiger partial charge in [0.2, 0.25) is 11.8 Å². The molecule has 0 aromatic carbocycles. The standard InChI is InChI=1S/C7H10N2OS2.C6H8N2OS2/c1-2-5-9-4(3-12-5)6(10)8-7(9)11;1-3-8-4(2-11-3)5(9)7-6(8)10/h4-5H,2-3H2,1H3,(H,8,10,11);3-4H,2H2,1H3,(H,7,9,10)/t4-,5?;3?,4-/m00/s1. The van der Waals surface area contributed by atoms with Crippen LogP contribution in [0.25, 0.3) is 0 Å². The SMILES string of the molecule is CC1SC[C@H]2C(=O)NC(=S)N12.CCC1SC[C@H]2C(=O)NC(=S)N12. The predicted octanol–water partition coefficient (Wildman–Crippen LogP) is 0.719. The van der Waals surface area contributed by atoms with Crippen molar-refractivity contribution in [1.82, 2.24) is 20.4 Å². The summed E-state index contributed by atoms with van der Waals surface area (Å²) in [6, 6.07) is 0.00921. The van der Waals surface area contributed by atoms with Crippen LogP contribution in [0.2, 0.25) is 0 Å². The predicted molar refractivity (Wildman–Crippen MR) is 101 cm³/mol. The first-order valence-electron chi connectivity index (χ1n) is 7.43. The highest BCUT2D eigenvalue weighted by atomic mass is 32.2. The average molecular weight is 391 g/mol. The summed E-state index contributed by atoms with van der Waals surface area (Å²) in [4.78, 5) is 26.4. The molecule has 4 saturated heterocycles. The number of fused-ring (bicyclic) bond motifs is 2. The minimum absolute atomic E-state index is 0.00231. The Kier molecular flexibility index (Phi) is 5.05. The minimum Gasteiger partial charge on any atom is -0.324 e. The van der Waals surface area contributed by atoms with Crippen LogP contribution in [-0.2, 0) is 9.59 Å². The molecule has 2 amide bonds. The first kappa shape index (κ1) is 17.2. The van der Waals surface area contributed by atoms with Gasteiger partial charge in [0.15, 0.2) is 10.2 Å². The quantitative estimate of drug-likeness (QED) is 0.635. The maximum absolute atomic E-state index is 11.3. The van der Waals surface area contributed by atoms with Gasteiger partial charge in [0.05, 0.1) is 10.7 Å². The summed E-state index contributed by atoms with van der Waals surface area (Å²) in [5, 5.41) is 7.31. The van der Waals surface area contributed by atoms with Gasteiger partial charge in [-0.15, -0.1) is 23.5 Å².